The molecule has 3 rings (SSSR count). The van der Waals surface area contributed by atoms with Crippen molar-refractivity contribution < 1.29 is 22.7 Å². The summed E-state index contributed by atoms with van der Waals surface area (Å²) in [6.45, 7) is 1.81. The van der Waals surface area contributed by atoms with Crippen molar-refractivity contribution in [3.05, 3.63) is 35.2 Å². The van der Waals surface area contributed by atoms with Crippen LogP contribution in [0.5, 0.6) is 0 Å². The SMILES string of the molecule is Cl.O=C(CC1COCCN1)Nc1nc(-c2cccc(C(F)(F)F)c2)cs1. The predicted molar refractivity (Wildman–Crippen MR) is 95.7 cm³/mol. The first-order valence-corrected chi connectivity index (χ1v) is 8.54. The zero-order valence-corrected chi connectivity index (χ0v) is 15.1. The average molecular weight is 408 g/mol. The topological polar surface area (TPSA) is 63.2 Å². The van der Waals surface area contributed by atoms with Crippen LogP contribution in [0.4, 0.5) is 18.3 Å². The third kappa shape index (κ3) is 5.41. The third-order valence-corrected chi connectivity index (χ3v) is 4.42. The average Bonchev–Trinajstić information content (AvgIpc) is 3.03. The van der Waals surface area contributed by atoms with E-state index in [0.717, 1.165) is 12.1 Å². The number of nitrogens with zero attached hydrogens (tertiary/aromatic N) is 1. The molecule has 1 aliphatic heterocycles. The van der Waals surface area contributed by atoms with E-state index in [1.54, 1.807) is 11.4 Å². The molecular formula is C16H17ClF3N3O2S. The minimum absolute atomic E-state index is 0. The maximum atomic E-state index is 12.8. The van der Waals surface area contributed by atoms with Gasteiger partial charge in [0.15, 0.2) is 5.13 Å². The molecule has 0 spiro atoms. The summed E-state index contributed by atoms with van der Waals surface area (Å²) >= 11 is 1.17. The van der Waals surface area contributed by atoms with Crippen LogP contribution in [0.15, 0.2) is 29.6 Å². The minimum Gasteiger partial charge on any atom is -0.378 e. The van der Waals surface area contributed by atoms with Gasteiger partial charge in [0.1, 0.15) is 0 Å². The summed E-state index contributed by atoms with van der Waals surface area (Å²) in [5.41, 5.74) is 0.0198. The van der Waals surface area contributed by atoms with E-state index in [4.69, 9.17) is 4.74 Å². The van der Waals surface area contributed by atoms with Crippen LogP contribution in [0, 0.1) is 0 Å². The fourth-order valence-corrected chi connectivity index (χ4v) is 3.20. The molecule has 1 aromatic carbocycles. The molecule has 142 valence electrons. The Balaban J connectivity index is 0.00000243. The predicted octanol–water partition coefficient (Wildman–Crippen LogP) is 3.57. The molecule has 2 aromatic rings. The van der Waals surface area contributed by atoms with Crippen LogP contribution in [-0.2, 0) is 15.7 Å². The second-order valence-electron chi connectivity index (χ2n) is 5.59. The molecule has 0 aliphatic carbocycles. The van der Waals surface area contributed by atoms with Crippen molar-refractivity contribution in [3.63, 3.8) is 0 Å². The van der Waals surface area contributed by atoms with Gasteiger partial charge >= 0.3 is 6.18 Å². The molecule has 0 saturated carbocycles. The van der Waals surface area contributed by atoms with Gasteiger partial charge in [-0.05, 0) is 12.1 Å². The molecule has 0 bridgehead atoms. The molecule has 1 saturated heterocycles. The van der Waals surface area contributed by atoms with Gasteiger partial charge in [0.25, 0.3) is 0 Å². The van der Waals surface area contributed by atoms with Gasteiger partial charge in [-0.2, -0.15) is 13.2 Å². The van der Waals surface area contributed by atoms with E-state index < -0.39 is 11.7 Å². The summed E-state index contributed by atoms with van der Waals surface area (Å²) in [6.07, 6.45) is -4.16. The number of hydrogen-bond donors (Lipinski definition) is 2. The highest BCUT2D eigenvalue weighted by Crippen LogP contribution is 2.33. The number of halogens is 4. The summed E-state index contributed by atoms with van der Waals surface area (Å²) in [7, 11) is 0. The van der Waals surface area contributed by atoms with E-state index in [2.05, 4.69) is 15.6 Å². The molecule has 26 heavy (non-hydrogen) atoms. The molecule has 1 unspecified atom stereocenters. The number of alkyl halides is 3. The Morgan fingerprint density at radius 2 is 2.23 bits per heavy atom. The second kappa shape index (κ2) is 8.81. The standard InChI is InChI=1S/C16H16F3N3O2S.ClH/c17-16(18,19)11-3-1-2-10(6-11)13-9-25-15(21-13)22-14(23)7-12-8-24-5-4-20-12;/h1-3,6,9,12,20H,4-5,7-8H2,(H,21,22,23);1H. The molecule has 1 amide bonds. The highest BCUT2D eigenvalue weighted by atomic mass is 35.5. The summed E-state index contributed by atoms with van der Waals surface area (Å²) in [4.78, 5) is 16.2. The highest BCUT2D eigenvalue weighted by Gasteiger charge is 2.30. The molecule has 1 aliphatic rings. The van der Waals surface area contributed by atoms with Crippen LogP contribution < -0.4 is 10.6 Å². The van der Waals surface area contributed by atoms with Crippen molar-refractivity contribution in [1.82, 2.24) is 10.3 Å². The van der Waals surface area contributed by atoms with Crippen molar-refractivity contribution in [2.45, 2.75) is 18.6 Å². The molecular weight excluding hydrogens is 391 g/mol. The molecule has 5 nitrogen and oxygen atoms in total. The van der Waals surface area contributed by atoms with Crippen LogP contribution in [-0.4, -0.2) is 36.7 Å². The molecule has 0 radical (unpaired) electrons. The Morgan fingerprint density at radius 1 is 1.42 bits per heavy atom. The van der Waals surface area contributed by atoms with Gasteiger partial charge in [-0.25, -0.2) is 4.98 Å². The number of carbonyl (C=O) groups excluding carboxylic acids is 1. The van der Waals surface area contributed by atoms with Crippen molar-refractivity contribution in [2.75, 3.05) is 25.1 Å². The quantitative estimate of drug-likeness (QED) is 0.813. The Bertz CT molecular complexity index is 748. The lowest BCUT2D eigenvalue weighted by Crippen LogP contribution is -2.43. The number of nitrogens with one attached hydrogen (secondary N) is 2. The lowest BCUT2D eigenvalue weighted by molar-refractivity contribution is -0.137. The second-order valence-corrected chi connectivity index (χ2v) is 6.45. The monoisotopic (exact) mass is 407 g/mol. The lowest BCUT2D eigenvalue weighted by Gasteiger charge is -2.22. The number of morpholine rings is 1. The maximum Gasteiger partial charge on any atom is 0.416 e. The molecule has 10 heteroatoms. The number of aromatic nitrogens is 1. The Hall–Kier alpha value is -1.68. The summed E-state index contributed by atoms with van der Waals surface area (Å²) in [5, 5.41) is 7.83. The molecule has 1 atom stereocenters. The molecule has 1 fully saturated rings. The normalized spacial score (nSPS) is 17.4. The number of rotatable bonds is 4. The zero-order chi connectivity index (χ0) is 17.9. The van der Waals surface area contributed by atoms with Crippen molar-refractivity contribution in [1.29, 1.82) is 0 Å². The van der Waals surface area contributed by atoms with Crippen LogP contribution >= 0.6 is 23.7 Å². The van der Waals surface area contributed by atoms with Crippen LogP contribution in [0.1, 0.15) is 12.0 Å². The fraction of sp³-hybridized carbons (Fsp3) is 0.375. The minimum atomic E-state index is -4.40. The van der Waals surface area contributed by atoms with Crippen molar-refractivity contribution >= 4 is 34.8 Å². The zero-order valence-electron chi connectivity index (χ0n) is 13.5. The van der Waals surface area contributed by atoms with Crippen molar-refractivity contribution in [2.24, 2.45) is 0 Å². The fourth-order valence-electron chi connectivity index (χ4n) is 2.46. The van der Waals surface area contributed by atoms with Gasteiger partial charge in [-0.15, -0.1) is 23.7 Å². The third-order valence-electron chi connectivity index (χ3n) is 3.67. The number of anilines is 1. The van der Waals surface area contributed by atoms with Gasteiger partial charge in [0, 0.05) is 30.0 Å². The first kappa shape index (κ1) is 20.6. The van der Waals surface area contributed by atoms with Gasteiger partial charge in [-0.3, -0.25) is 4.79 Å². The van der Waals surface area contributed by atoms with Gasteiger partial charge in [-0.1, -0.05) is 12.1 Å². The van der Waals surface area contributed by atoms with E-state index in [0.29, 0.717) is 36.1 Å². The summed E-state index contributed by atoms with van der Waals surface area (Å²) in [5.74, 6) is -0.215. The number of amides is 1. The van der Waals surface area contributed by atoms with Crippen LogP contribution in [0.3, 0.4) is 0 Å². The number of carbonyl (C=O) groups is 1. The Morgan fingerprint density at radius 3 is 2.92 bits per heavy atom. The van der Waals surface area contributed by atoms with E-state index in [9.17, 15) is 18.0 Å². The van der Waals surface area contributed by atoms with Gasteiger partial charge < -0.3 is 15.4 Å². The Kier molecular flexibility index (Phi) is 6.99. The molecule has 2 N–H and O–H groups in total. The lowest BCUT2D eigenvalue weighted by atomic mass is 10.1. The van der Waals surface area contributed by atoms with Crippen molar-refractivity contribution in [3.8, 4) is 11.3 Å². The first-order chi connectivity index (χ1) is 11.9. The number of hydrogen-bond acceptors (Lipinski definition) is 5. The summed E-state index contributed by atoms with van der Waals surface area (Å²) < 4.78 is 43.7. The first-order valence-electron chi connectivity index (χ1n) is 7.66. The maximum absolute atomic E-state index is 12.8. The van der Waals surface area contributed by atoms with E-state index in [1.165, 1.54) is 17.4 Å². The number of ether oxygens (including phenoxy) is 1. The molecule has 1 aromatic heterocycles. The van der Waals surface area contributed by atoms with Gasteiger partial charge in [0.05, 0.1) is 24.5 Å². The number of thiazole rings is 1. The van der Waals surface area contributed by atoms with Gasteiger partial charge in [0.2, 0.25) is 5.91 Å². The smallest absolute Gasteiger partial charge is 0.378 e. The van der Waals surface area contributed by atoms with Crippen LogP contribution in [0.2, 0.25) is 0 Å². The number of benzene rings is 1. The van der Waals surface area contributed by atoms with Crippen LogP contribution in [0.25, 0.3) is 11.3 Å². The Labute approximate surface area is 158 Å². The van der Waals surface area contributed by atoms with E-state index in [-0.39, 0.29) is 30.8 Å². The summed E-state index contributed by atoms with van der Waals surface area (Å²) in [6, 6.07) is 4.91. The van der Waals surface area contributed by atoms with E-state index in [1.807, 2.05) is 0 Å². The molecule has 2 heterocycles. The van der Waals surface area contributed by atoms with E-state index >= 15 is 0 Å². The largest absolute Gasteiger partial charge is 0.416 e. The highest BCUT2D eigenvalue weighted by molar-refractivity contribution is 7.14.